The van der Waals surface area contributed by atoms with Crippen molar-refractivity contribution >= 4 is 0 Å². The highest BCUT2D eigenvalue weighted by atomic mass is 16.5. The fraction of sp³-hybridized carbons (Fsp3) is 0.600. The van der Waals surface area contributed by atoms with Crippen LogP contribution >= 0.6 is 0 Å². The van der Waals surface area contributed by atoms with E-state index in [9.17, 15) is 0 Å². The average Bonchev–Trinajstić information content (AvgIpc) is 2.40. The first-order chi connectivity index (χ1) is 8.70. The minimum Gasteiger partial charge on any atom is -0.378 e. The first kappa shape index (κ1) is 13.5. The number of ether oxygens (including phenoxy) is 1. The monoisotopic (exact) mass is 248 g/mol. The predicted molar refractivity (Wildman–Crippen MR) is 74.2 cm³/mol. The Kier molecular flexibility index (Phi) is 4.75. The number of hydrogen-bond acceptors (Lipinski definition) is 3. The SMILES string of the molecule is Cc1ccc(C)c(C(CC2CCCCO2)NN)c1. The Hall–Kier alpha value is -0.900. The fourth-order valence-corrected chi connectivity index (χ4v) is 2.68. The van der Waals surface area contributed by atoms with E-state index in [1.807, 2.05) is 0 Å². The molecule has 18 heavy (non-hydrogen) atoms. The van der Waals surface area contributed by atoms with Crippen molar-refractivity contribution in [2.45, 2.75) is 51.7 Å². The van der Waals surface area contributed by atoms with Gasteiger partial charge in [-0.25, -0.2) is 0 Å². The first-order valence-corrected chi connectivity index (χ1v) is 6.85. The lowest BCUT2D eigenvalue weighted by molar-refractivity contribution is 0.00499. The minimum absolute atomic E-state index is 0.188. The van der Waals surface area contributed by atoms with Crippen LogP contribution in [0.25, 0.3) is 0 Å². The molecule has 0 amide bonds. The van der Waals surface area contributed by atoms with Gasteiger partial charge in [0.2, 0.25) is 0 Å². The third-order valence-corrected chi connectivity index (χ3v) is 3.78. The van der Waals surface area contributed by atoms with Gasteiger partial charge in [-0.15, -0.1) is 0 Å². The zero-order valence-electron chi connectivity index (χ0n) is 11.4. The van der Waals surface area contributed by atoms with Crippen LogP contribution in [0, 0.1) is 13.8 Å². The van der Waals surface area contributed by atoms with Crippen LogP contribution < -0.4 is 11.3 Å². The quantitative estimate of drug-likeness (QED) is 0.636. The Morgan fingerprint density at radius 3 is 2.89 bits per heavy atom. The molecule has 1 aromatic carbocycles. The van der Waals surface area contributed by atoms with Gasteiger partial charge in [0.05, 0.1) is 6.10 Å². The second kappa shape index (κ2) is 6.32. The molecular weight excluding hydrogens is 224 g/mol. The highest BCUT2D eigenvalue weighted by molar-refractivity contribution is 5.33. The zero-order chi connectivity index (χ0) is 13.0. The second-order valence-electron chi connectivity index (χ2n) is 5.30. The van der Waals surface area contributed by atoms with Crippen molar-refractivity contribution in [1.29, 1.82) is 0 Å². The zero-order valence-corrected chi connectivity index (χ0v) is 11.4. The van der Waals surface area contributed by atoms with Crippen LogP contribution in [-0.2, 0) is 4.74 Å². The summed E-state index contributed by atoms with van der Waals surface area (Å²) in [4.78, 5) is 0. The van der Waals surface area contributed by atoms with Gasteiger partial charge >= 0.3 is 0 Å². The van der Waals surface area contributed by atoms with Gasteiger partial charge in [-0.05, 0) is 50.7 Å². The highest BCUT2D eigenvalue weighted by Gasteiger charge is 2.21. The van der Waals surface area contributed by atoms with E-state index >= 15 is 0 Å². The van der Waals surface area contributed by atoms with E-state index in [-0.39, 0.29) is 6.04 Å². The summed E-state index contributed by atoms with van der Waals surface area (Å²) in [6, 6.07) is 6.72. The maximum atomic E-state index is 5.81. The number of benzene rings is 1. The topological polar surface area (TPSA) is 47.3 Å². The minimum atomic E-state index is 0.188. The van der Waals surface area contributed by atoms with Crippen molar-refractivity contribution in [2.24, 2.45) is 5.84 Å². The standard InChI is InChI=1S/C15H24N2O/c1-11-6-7-12(2)14(9-11)15(17-16)10-13-5-3-4-8-18-13/h6-7,9,13,15,17H,3-5,8,10,16H2,1-2H3. The summed E-state index contributed by atoms with van der Waals surface area (Å²) in [5.74, 6) is 5.74. The normalized spacial score (nSPS) is 21.8. The molecule has 1 saturated heterocycles. The molecule has 0 aliphatic carbocycles. The summed E-state index contributed by atoms with van der Waals surface area (Å²) in [5, 5.41) is 0. The van der Waals surface area contributed by atoms with Gasteiger partial charge < -0.3 is 4.74 Å². The Balaban J connectivity index is 2.09. The third-order valence-electron chi connectivity index (χ3n) is 3.78. The van der Waals surface area contributed by atoms with Crippen molar-refractivity contribution < 1.29 is 4.74 Å². The van der Waals surface area contributed by atoms with E-state index in [2.05, 4.69) is 37.5 Å². The summed E-state index contributed by atoms with van der Waals surface area (Å²) >= 11 is 0. The van der Waals surface area contributed by atoms with Crippen molar-refractivity contribution in [3.8, 4) is 0 Å². The molecule has 3 nitrogen and oxygen atoms in total. The fourth-order valence-electron chi connectivity index (χ4n) is 2.68. The molecule has 0 aromatic heterocycles. The van der Waals surface area contributed by atoms with Crippen molar-refractivity contribution in [2.75, 3.05) is 6.61 Å². The van der Waals surface area contributed by atoms with E-state index in [0.29, 0.717) is 6.10 Å². The van der Waals surface area contributed by atoms with Gasteiger partial charge in [-0.1, -0.05) is 23.8 Å². The number of nitrogens with two attached hydrogens (primary N) is 1. The first-order valence-electron chi connectivity index (χ1n) is 6.85. The number of rotatable bonds is 4. The molecule has 3 heteroatoms. The Bertz CT molecular complexity index is 386. The van der Waals surface area contributed by atoms with Crippen molar-refractivity contribution in [3.63, 3.8) is 0 Å². The summed E-state index contributed by atoms with van der Waals surface area (Å²) in [6.07, 6.45) is 4.93. The molecule has 1 aromatic rings. The summed E-state index contributed by atoms with van der Waals surface area (Å²) in [6.45, 7) is 5.16. The number of hydrazine groups is 1. The molecular formula is C15H24N2O. The van der Waals surface area contributed by atoms with Gasteiger partial charge in [-0.3, -0.25) is 11.3 Å². The van der Waals surface area contributed by atoms with Crippen LogP contribution in [0.5, 0.6) is 0 Å². The van der Waals surface area contributed by atoms with Gasteiger partial charge in [-0.2, -0.15) is 0 Å². The molecule has 0 radical (unpaired) electrons. The van der Waals surface area contributed by atoms with Gasteiger partial charge in [0.1, 0.15) is 0 Å². The lowest BCUT2D eigenvalue weighted by Gasteiger charge is -2.27. The van der Waals surface area contributed by atoms with Crippen molar-refractivity contribution in [1.82, 2.24) is 5.43 Å². The van der Waals surface area contributed by atoms with E-state index < -0.39 is 0 Å². The van der Waals surface area contributed by atoms with Crippen LogP contribution in [0.3, 0.4) is 0 Å². The Labute approximate surface area is 110 Å². The smallest absolute Gasteiger partial charge is 0.0593 e. The molecule has 0 saturated carbocycles. The number of hydrogen-bond donors (Lipinski definition) is 2. The molecule has 1 aliphatic rings. The lowest BCUT2D eigenvalue weighted by Crippen LogP contribution is -2.33. The van der Waals surface area contributed by atoms with Crippen LogP contribution in [0.2, 0.25) is 0 Å². The predicted octanol–water partition coefficient (Wildman–Crippen LogP) is 2.77. The molecule has 1 fully saturated rings. The molecule has 1 aliphatic heterocycles. The maximum absolute atomic E-state index is 5.81. The van der Waals surface area contributed by atoms with E-state index in [1.165, 1.54) is 29.5 Å². The van der Waals surface area contributed by atoms with Crippen LogP contribution in [0.15, 0.2) is 18.2 Å². The third kappa shape index (κ3) is 3.31. The van der Waals surface area contributed by atoms with Crippen molar-refractivity contribution in [3.05, 3.63) is 34.9 Å². The molecule has 0 spiro atoms. The highest BCUT2D eigenvalue weighted by Crippen LogP contribution is 2.26. The van der Waals surface area contributed by atoms with E-state index in [4.69, 9.17) is 10.6 Å². The lowest BCUT2D eigenvalue weighted by atomic mass is 9.93. The molecule has 3 N–H and O–H groups in total. The largest absolute Gasteiger partial charge is 0.378 e. The molecule has 0 bridgehead atoms. The summed E-state index contributed by atoms with van der Waals surface area (Å²) < 4.78 is 5.81. The molecule has 2 unspecified atom stereocenters. The Morgan fingerprint density at radius 2 is 2.22 bits per heavy atom. The van der Waals surface area contributed by atoms with Gasteiger partial charge in [0.25, 0.3) is 0 Å². The van der Waals surface area contributed by atoms with Gasteiger partial charge in [0, 0.05) is 12.6 Å². The average molecular weight is 248 g/mol. The maximum Gasteiger partial charge on any atom is 0.0593 e. The van der Waals surface area contributed by atoms with Gasteiger partial charge in [0.15, 0.2) is 0 Å². The second-order valence-corrected chi connectivity index (χ2v) is 5.30. The Morgan fingerprint density at radius 1 is 1.39 bits per heavy atom. The molecule has 2 rings (SSSR count). The molecule has 2 atom stereocenters. The van der Waals surface area contributed by atoms with Crippen LogP contribution in [-0.4, -0.2) is 12.7 Å². The summed E-state index contributed by atoms with van der Waals surface area (Å²) in [5.41, 5.74) is 6.82. The van der Waals surface area contributed by atoms with E-state index in [0.717, 1.165) is 19.4 Å². The summed E-state index contributed by atoms with van der Waals surface area (Å²) in [7, 11) is 0. The van der Waals surface area contributed by atoms with Crippen LogP contribution in [0.1, 0.15) is 48.4 Å². The number of aryl methyl sites for hydroxylation is 2. The number of nitrogens with one attached hydrogen (secondary N) is 1. The molecule has 100 valence electrons. The van der Waals surface area contributed by atoms with Crippen LogP contribution in [0.4, 0.5) is 0 Å². The molecule has 1 heterocycles. The van der Waals surface area contributed by atoms with E-state index in [1.54, 1.807) is 0 Å².